The molecule has 1 fully saturated rings. The summed E-state index contributed by atoms with van der Waals surface area (Å²) in [6.45, 7) is 1.54. The SMILES string of the molecule is CC(C(=O)Nc1nnc(C2CCCCC2)s1)N1C(=O)c2ccccc2C1=O. The molecule has 1 unspecified atom stereocenters. The molecule has 3 amide bonds. The zero-order valence-corrected chi connectivity index (χ0v) is 15.8. The summed E-state index contributed by atoms with van der Waals surface area (Å²) < 4.78 is 0. The zero-order valence-electron chi connectivity index (χ0n) is 15.0. The quantitative estimate of drug-likeness (QED) is 0.817. The van der Waals surface area contributed by atoms with Crippen molar-refractivity contribution in [1.29, 1.82) is 0 Å². The van der Waals surface area contributed by atoms with Crippen LogP contribution in [-0.2, 0) is 4.79 Å². The first-order chi connectivity index (χ1) is 13.1. The van der Waals surface area contributed by atoms with Crippen LogP contribution in [0.4, 0.5) is 5.13 Å². The van der Waals surface area contributed by atoms with Crippen molar-refractivity contribution in [2.75, 3.05) is 5.32 Å². The predicted molar refractivity (Wildman–Crippen MR) is 101 cm³/mol. The smallest absolute Gasteiger partial charge is 0.262 e. The molecule has 0 saturated heterocycles. The van der Waals surface area contributed by atoms with Gasteiger partial charge in [-0.1, -0.05) is 42.7 Å². The van der Waals surface area contributed by atoms with Crippen molar-refractivity contribution < 1.29 is 14.4 Å². The first-order valence-corrected chi connectivity index (χ1v) is 9.99. The molecule has 2 heterocycles. The third-order valence-corrected chi connectivity index (χ3v) is 6.22. The van der Waals surface area contributed by atoms with Gasteiger partial charge < -0.3 is 0 Å². The number of benzene rings is 1. The molecule has 4 rings (SSSR count). The molecule has 0 radical (unpaired) electrons. The lowest BCUT2D eigenvalue weighted by molar-refractivity contribution is -0.119. The van der Waals surface area contributed by atoms with Crippen molar-refractivity contribution in [2.24, 2.45) is 0 Å². The minimum atomic E-state index is -0.931. The molecule has 1 atom stereocenters. The summed E-state index contributed by atoms with van der Waals surface area (Å²) in [7, 11) is 0. The topological polar surface area (TPSA) is 92.3 Å². The van der Waals surface area contributed by atoms with Gasteiger partial charge in [0, 0.05) is 5.92 Å². The lowest BCUT2D eigenvalue weighted by Crippen LogP contribution is -2.45. The van der Waals surface area contributed by atoms with Crippen molar-refractivity contribution in [3.63, 3.8) is 0 Å². The van der Waals surface area contributed by atoms with Gasteiger partial charge in [0.1, 0.15) is 11.0 Å². The number of hydrogen-bond acceptors (Lipinski definition) is 6. The monoisotopic (exact) mass is 384 g/mol. The van der Waals surface area contributed by atoms with Gasteiger partial charge in [-0.05, 0) is 31.9 Å². The highest BCUT2D eigenvalue weighted by molar-refractivity contribution is 7.15. The van der Waals surface area contributed by atoms with Crippen LogP contribution in [0.15, 0.2) is 24.3 Å². The lowest BCUT2D eigenvalue weighted by Gasteiger charge is -2.21. The van der Waals surface area contributed by atoms with Gasteiger partial charge in [-0.25, -0.2) is 0 Å². The number of hydrogen-bond donors (Lipinski definition) is 1. The van der Waals surface area contributed by atoms with E-state index in [9.17, 15) is 14.4 Å². The fourth-order valence-corrected chi connectivity index (χ4v) is 4.60. The van der Waals surface area contributed by atoms with Gasteiger partial charge in [0.05, 0.1) is 11.1 Å². The minimum absolute atomic E-state index is 0.331. The molecule has 1 N–H and O–H groups in total. The Hall–Kier alpha value is -2.61. The summed E-state index contributed by atoms with van der Waals surface area (Å²) in [4.78, 5) is 38.6. The molecule has 27 heavy (non-hydrogen) atoms. The van der Waals surface area contributed by atoms with Gasteiger partial charge in [0.25, 0.3) is 11.8 Å². The molecule has 1 aromatic carbocycles. The van der Waals surface area contributed by atoms with Crippen LogP contribution in [-0.4, -0.2) is 38.9 Å². The molecule has 1 aromatic heterocycles. The summed E-state index contributed by atoms with van der Waals surface area (Å²) in [6, 6.07) is 5.67. The lowest BCUT2D eigenvalue weighted by atomic mass is 9.90. The van der Waals surface area contributed by atoms with E-state index in [0.29, 0.717) is 22.2 Å². The van der Waals surface area contributed by atoms with E-state index in [1.165, 1.54) is 30.6 Å². The van der Waals surface area contributed by atoms with Crippen LogP contribution >= 0.6 is 11.3 Å². The average molecular weight is 384 g/mol. The molecule has 8 heteroatoms. The Morgan fingerprint density at radius 2 is 1.74 bits per heavy atom. The summed E-state index contributed by atoms with van der Waals surface area (Å²) in [6.07, 6.45) is 5.87. The van der Waals surface area contributed by atoms with Crippen molar-refractivity contribution in [1.82, 2.24) is 15.1 Å². The second-order valence-corrected chi connectivity index (χ2v) is 7.98. The highest BCUT2D eigenvalue weighted by Gasteiger charge is 2.40. The number of rotatable bonds is 4. The maximum absolute atomic E-state index is 12.6. The van der Waals surface area contributed by atoms with Gasteiger partial charge in [-0.2, -0.15) is 0 Å². The number of amides is 3. The van der Waals surface area contributed by atoms with E-state index < -0.39 is 23.8 Å². The van der Waals surface area contributed by atoms with Crippen LogP contribution < -0.4 is 5.32 Å². The van der Waals surface area contributed by atoms with Crippen LogP contribution in [0.1, 0.15) is 70.7 Å². The number of fused-ring (bicyclic) bond motifs is 1. The molecule has 2 aliphatic rings. The summed E-state index contributed by atoms with van der Waals surface area (Å²) in [5.41, 5.74) is 0.662. The standard InChI is InChI=1S/C19H20N4O3S/c1-11(23-17(25)13-9-5-6-10-14(13)18(23)26)15(24)20-19-22-21-16(27-19)12-7-3-2-4-8-12/h5-6,9-12H,2-4,7-8H2,1H3,(H,20,22,24). The van der Waals surface area contributed by atoms with Crippen molar-refractivity contribution in [2.45, 2.75) is 51.0 Å². The highest BCUT2D eigenvalue weighted by Crippen LogP contribution is 2.35. The molecule has 140 valence electrons. The maximum atomic E-state index is 12.6. The third-order valence-electron chi connectivity index (χ3n) is 5.22. The van der Waals surface area contributed by atoms with Crippen LogP contribution in [0.3, 0.4) is 0 Å². The van der Waals surface area contributed by atoms with Gasteiger partial charge in [-0.3, -0.25) is 24.6 Å². The minimum Gasteiger partial charge on any atom is -0.299 e. The Kier molecular flexibility index (Phi) is 4.73. The van der Waals surface area contributed by atoms with E-state index in [1.807, 2.05) is 0 Å². The van der Waals surface area contributed by atoms with Crippen molar-refractivity contribution >= 4 is 34.2 Å². The fourth-order valence-electron chi connectivity index (χ4n) is 3.69. The van der Waals surface area contributed by atoms with E-state index in [-0.39, 0.29) is 0 Å². The second-order valence-electron chi connectivity index (χ2n) is 6.97. The molecule has 7 nitrogen and oxygen atoms in total. The second kappa shape index (κ2) is 7.19. The molecule has 2 aromatic rings. The van der Waals surface area contributed by atoms with Gasteiger partial charge in [0.15, 0.2) is 0 Å². The summed E-state index contributed by atoms with van der Waals surface area (Å²) in [5.74, 6) is -0.928. The molecule has 1 saturated carbocycles. The first-order valence-electron chi connectivity index (χ1n) is 9.17. The number of carbonyl (C=O) groups excluding carboxylic acids is 3. The number of aromatic nitrogens is 2. The number of nitrogens with one attached hydrogen (secondary N) is 1. The number of imide groups is 1. The summed E-state index contributed by atoms with van der Waals surface area (Å²) in [5, 5.41) is 12.3. The van der Waals surface area contributed by atoms with Crippen molar-refractivity contribution in [3.8, 4) is 0 Å². The molecular weight excluding hydrogens is 364 g/mol. The first kappa shape index (κ1) is 17.8. The maximum Gasteiger partial charge on any atom is 0.262 e. The Bertz CT molecular complexity index is 869. The van der Waals surface area contributed by atoms with Crippen LogP contribution in [0, 0.1) is 0 Å². The van der Waals surface area contributed by atoms with Crippen LogP contribution in [0.2, 0.25) is 0 Å². The van der Waals surface area contributed by atoms with Crippen LogP contribution in [0.5, 0.6) is 0 Å². The Morgan fingerprint density at radius 1 is 1.11 bits per heavy atom. The third kappa shape index (κ3) is 3.25. The van der Waals surface area contributed by atoms with Gasteiger partial charge >= 0.3 is 0 Å². The number of nitrogens with zero attached hydrogens (tertiary/aromatic N) is 3. The zero-order chi connectivity index (χ0) is 19.0. The van der Waals surface area contributed by atoms with E-state index in [1.54, 1.807) is 31.2 Å². The van der Waals surface area contributed by atoms with Crippen LogP contribution in [0.25, 0.3) is 0 Å². The normalized spacial score (nSPS) is 18.5. The Balaban J connectivity index is 1.45. The predicted octanol–water partition coefficient (Wildman–Crippen LogP) is 3.21. The number of carbonyl (C=O) groups is 3. The van der Waals surface area contributed by atoms with E-state index >= 15 is 0 Å². The Labute approximate surface area is 160 Å². The number of anilines is 1. The highest BCUT2D eigenvalue weighted by atomic mass is 32.1. The average Bonchev–Trinajstić information content (AvgIpc) is 3.26. The Morgan fingerprint density at radius 3 is 2.37 bits per heavy atom. The van der Waals surface area contributed by atoms with E-state index in [4.69, 9.17) is 0 Å². The molecule has 1 aliphatic carbocycles. The van der Waals surface area contributed by atoms with E-state index in [0.717, 1.165) is 22.7 Å². The molecule has 1 aliphatic heterocycles. The summed E-state index contributed by atoms with van der Waals surface area (Å²) >= 11 is 1.37. The molecular formula is C19H20N4O3S. The van der Waals surface area contributed by atoms with E-state index in [2.05, 4.69) is 15.5 Å². The van der Waals surface area contributed by atoms with Gasteiger partial charge in [0.2, 0.25) is 11.0 Å². The largest absolute Gasteiger partial charge is 0.299 e. The van der Waals surface area contributed by atoms with Crippen molar-refractivity contribution in [3.05, 3.63) is 40.4 Å². The van der Waals surface area contributed by atoms with Gasteiger partial charge in [-0.15, -0.1) is 10.2 Å². The molecule has 0 bridgehead atoms. The molecule has 0 spiro atoms. The fraction of sp³-hybridized carbons (Fsp3) is 0.421.